The average Bonchev–Trinajstić information content (AvgIpc) is 3.11. The Labute approximate surface area is 131 Å². The molecule has 0 bridgehead atoms. The zero-order valence-corrected chi connectivity index (χ0v) is 13.0. The van der Waals surface area contributed by atoms with E-state index in [0.717, 1.165) is 31.1 Å². The van der Waals surface area contributed by atoms with E-state index in [1.54, 1.807) is 0 Å². The van der Waals surface area contributed by atoms with Crippen LogP contribution in [0.4, 0.5) is 5.82 Å². The van der Waals surface area contributed by atoms with Crippen molar-refractivity contribution in [1.29, 1.82) is 0 Å². The van der Waals surface area contributed by atoms with Gasteiger partial charge in [0, 0.05) is 43.6 Å². The number of hydrogen-bond acceptors (Lipinski definition) is 4. The molecule has 0 saturated carbocycles. The van der Waals surface area contributed by atoms with Gasteiger partial charge in [-0.2, -0.15) is 0 Å². The largest absolute Gasteiger partial charge is 0.352 e. The minimum absolute atomic E-state index is 0.609. The summed E-state index contributed by atoms with van der Waals surface area (Å²) in [6.07, 6.45) is 4.35. The zero-order valence-electron chi connectivity index (χ0n) is 13.0. The van der Waals surface area contributed by atoms with E-state index in [2.05, 4.69) is 52.0 Å². The molecule has 0 aromatic carbocycles. The first-order chi connectivity index (χ1) is 10.8. The Kier molecular flexibility index (Phi) is 3.54. The lowest BCUT2D eigenvalue weighted by atomic mass is 10.1. The summed E-state index contributed by atoms with van der Waals surface area (Å²) in [5.74, 6) is 1.15. The number of anilines is 1. The first-order valence-electron chi connectivity index (χ1n) is 8.15. The SMILES string of the molecule is Cc1cccc(N2CC[C@H]3[C@@H]2CCN3Cc2ccccn2)n1. The smallest absolute Gasteiger partial charge is 0.129 e. The summed E-state index contributed by atoms with van der Waals surface area (Å²) in [6, 6.07) is 13.8. The molecule has 0 spiro atoms. The molecule has 22 heavy (non-hydrogen) atoms. The normalized spacial score (nSPS) is 24.7. The second kappa shape index (κ2) is 5.69. The maximum absolute atomic E-state index is 4.72. The first kappa shape index (κ1) is 13.7. The summed E-state index contributed by atoms with van der Waals surface area (Å²) in [5, 5.41) is 0. The first-order valence-corrected chi connectivity index (χ1v) is 8.15. The lowest BCUT2D eigenvalue weighted by Crippen LogP contribution is -2.36. The van der Waals surface area contributed by atoms with E-state index >= 15 is 0 Å². The van der Waals surface area contributed by atoms with E-state index in [9.17, 15) is 0 Å². The zero-order chi connectivity index (χ0) is 14.9. The van der Waals surface area contributed by atoms with Gasteiger partial charge in [-0.3, -0.25) is 9.88 Å². The van der Waals surface area contributed by atoms with Crippen LogP contribution < -0.4 is 4.90 Å². The van der Waals surface area contributed by atoms with Crippen LogP contribution in [-0.2, 0) is 6.54 Å². The number of nitrogens with zero attached hydrogens (tertiary/aromatic N) is 4. The second-order valence-corrected chi connectivity index (χ2v) is 6.33. The third-order valence-electron chi connectivity index (χ3n) is 4.95. The molecule has 2 aromatic rings. The molecule has 2 aromatic heterocycles. The van der Waals surface area contributed by atoms with E-state index in [0.29, 0.717) is 12.1 Å². The summed E-state index contributed by atoms with van der Waals surface area (Å²) in [4.78, 5) is 14.3. The molecule has 114 valence electrons. The molecule has 0 radical (unpaired) electrons. The molecule has 2 fully saturated rings. The van der Waals surface area contributed by atoms with Crippen molar-refractivity contribution in [2.45, 2.75) is 38.4 Å². The van der Waals surface area contributed by atoms with Crippen molar-refractivity contribution in [3.05, 3.63) is 54.0 Å². The fourth-order valence-corrected chi connectivity index (χ4v) is 3.94. The van der Waals surface area contributed by atoms with Gasteiger partial charge in [0.25, 0.3) is 0 Å². The minimum atomic E-state index is 0.609. The van der Waals surface area contributed by atoms with Crippen LogP contribution in [0.1, 0.15) is 24.2 Å². The number of fused-ring (bicyclic) bond motifs is 1. The van der Waals surface area contributed by atoms with Crippen LogP contribution in [0.2, 0.25) is 0 Å². The number of aryl methyl sites for hydroxylation is 1. The number of hydrogen-bond donors (Lipinski definition) is 0. The van der Waals surface area contributed by atoms with Gasteiger partial charge in [-0.05, 0) is 44.0 Å². The van der Waals surface area contributed by atoms with Crippen molar-refractivity contribution in [3.8, 4) is 0 Å². The molecule has 2 aliphatic heterocycles. The quantitative estimate of drug-likeness (QED) is 0.871. The van der Waals surface area contributed by atoms with Gasteiger partial charge >= 0.3 is 0 Å². The molecule has 4 heterocycles. The molecule has 2 saturated heterocycles. The molecule has 4 nitrogen and oxygen atoms in total. The van der Waals surface area contributed by atoms with Gasteiger partial charge in [0.05, 0.1) is 5.69 Å². The molecule has 0 aliphatic carbocycles. The van der Waals surface area contributed by atoms with E-state index in [1.807, 2.05) is 12.3 Å². The summed E-state index contributed by atoms with van der Waals surface area (Å²) >= 11 is 0. The Bertz CT molecular complexity index is 643. The maximum atomic E-state index is 4.72. The van der Waals surface area contributed by atoms with Crippen LogP contribution in [0, 0.1) is 6.92 Å². The molecule has 4 heteroatoms. The highest BCUT2D eigenvalue weighted by Crippen LogP contribution is 2.34. The molecule has 2 aliphatic rings. The van der Waals surface area contributed by atoms with Crippen molar-refractivity contribution in [1.82, 2.24) is 14.9 Å². The maximum Gasteiger partial charge on any atom is 0.129 e. The highest BCUT2D eigenvalue weighted by molar-refractivity contribution is 5.43. The fraction of sp³-hybridized carbons (Fsp3) is 0.444. The van der Waals surface area contributed by atoms with Crippen molar-refractivity contribution in [2.24, 2.45) is 0 Å². The van der Waals surface area contributed by atoms with Gasteiger partial charge in [0.2, 0.25) is 0 Å². The highest BCUT2D eigenvalue weighted by Gasteiger charge is 2.42. The number of aromatic nitrogens is 2. The van der Waals surface area contributed by atoms with Crippen LogP contribution in [0.25, 0.3) is 0 Å². The number of pyridine rings is 2. The number of rotatable bonds is 3. The van der Waals surface area contributed by atoms with Crippen molar-refractivity contribution >= 4 is 5.82 Å². The Hall–Kier alpha value is -1.94. The Balaban J connectivity index is 1.49. The monoisotopic (exact) mass is 294 g/mol. The molecular weight excluding hydrogens is 272 g/mol. The van der Waals surface area contributed by atoms with Gasteiger partial charge in [0.1, 0.15) is 5.82 Å². The van der Waals surface area contributed by atoms with E-state index in [-0.39, 0.29) is 0 Å². The highest BCUT2D eigenvalue weighted by atomic mass is 15.3. The molecule has 2 atom stereocenters. The second-order valence-electron chi connectivity index (χ2n) is 6.33. The van der Waals surface area contributed by atoms with Gasteiger partial charge < -0.3 is 4.90 Å². The van der Waals surface area contributed by atoms with Crippen molar-refractivity contribution in [3.63, 3.8) is 0 Å². The van der Waals surface area contributed by atoms with Gasteiger partial charge in [0.15, 0.2) is 0 Å². The summed E-state index contributed by atoms with van der Waals surface area (Å²) in [5.41, 5.74) is 2.28. The third kappa shape index (κ3) is 2.48. The number of likely N-dealkylation sites (tertiary alicyclic amines) is 1. The Morgan fingerprint density at radius 3 is 2.77 bits per heavy atom. The van der Waals surface area contributed by atoms with E-state index in [4.69, 9.17) is 4.98 Å². The van der Waals surface area contributed by atoms with Crippen molar-refractivity contribution < 1.29 is 0 Å². The minimum Gasteiger partial charge on any atom is -0.352 e. The topological polar surface area (TPSA) is 32.3 Å². The van der Waals surface area contributed by atoms with Crippen LogP contribution in [0.3, 0.4) is 0 Å². The van der Waals surface area contributed by atoms with Crippen LogP contribution in [-0.4, -0.2) is 40.0 Å². The Morgan fingerprint density at radius 2 is 1.95 bits per heavy atom. The molecule has 0 amide bonds. The fourth-order valence-electron chi connectivity index (χ4n) is 3.94. The summed E-state index contributed by atoms with van der Waals surface area (Å²) in [6.45, 7) is 5.31. The standard InChI is InChI=1S/C18H22N4/c1-14-5-4-7-18(20-14)22-12-9-16-17(22)8-11-21(16)13-15-6-2-3-10-19-15/h2-7,10,16-17H,8-9,11-13H2,1H3/t16-,17-/m0/s1. The van der Waals surface area contributed by atoms with Crippen molar-refractivity contribution in [2.75, 3.05) is 18.0 Å². The van der Waals surface area contributed by atoms with Crippen LogP contribution >= 0.6 is 0 Å². The third-order valence-corrected chi connectivity index (χ3v) is 4.95. The lowest BCUT2D eigenvalue weighted by Gasteiger charge is -2.26. The molecule has 4 rings (SSSR count). The Morgan fingerprint density at radius 1 is 1.05 bits per heavy atom. The molecule has 0 unspecified atom stereocenters. The van der Waals surface area contributed by atoms with Gasteiger partial charge in [-0.1, -0.05) is 12.1 Å². The van der Waals surface area contributed by atoms with E-state index in [1.165, 1.54) is 18.5 Å². The van der Waals surface area contributed by atoms with Gasteiger partial charge in [-0.15, -0.1) is 0 Å². The lowest BCUT2D eigenvalue weighted by molar-refractivity contribution is 0.243. The predicted octanol–water partition coefficient (Wildman–Crippen LogP) is 2.64. The van der Waals surface area contributed by atoms with Gasteiger partial charge in [-0.25, -0.2) is 4.98 Å². The summed E-state index contributed by atoms with van der Waals surface area (Å²) in [7, 11) is 0. The average molecular weight is 294 g/mol. The van der Waals surface area contributed by atoms with Crippen LogP contribution in [0.5, 0.6) is 0 Å². The predicted molar refractivity (Wildman–Crippen MR) is 87.8 cm³/mol. The summed E-state index contributed by atoms with van der Waals surface area (Å²) < 4.78 is 0. The molecule has 0 N–H and O–H groups in total. The molecular formula is C18H22N4. The van der Waals surface area contributed by atoms with Crippen LogP contribution in [0.15, 0.2) is 42.6 Å². The van der Waals surface area contributed by atoms with E-state index < -0.39 is 0 Å².